The highest BCUT2D eigenvalue weighted by molar-refractivity contribution is 5.83. The van der Waals surface area contributed by atoms with E-state index in [4.69, 9.17) is 4.74 Å². The van der Waals surface area contributed by atoms with Crippen LogP contribution < -0.4 is 10.6 Å². The zero-order chi connectivity index (χ0) is 23.9. The van der Waals surface area contributed by atoms with Crippen molar-refractivity contribution in [3.63, 3.8) is 0 Å². The summed E-state index contributed by atoms with van der Waals surface area (Å²) in [5.74, 6) is -1.57. The van der Waals surface area contributed by atoms with E-state index in [2.05, 4.69) is 22.8 Å². The molecular formula is C27H32N2O5. The minimum atomic E-state index is -0.893. The van der Waals surface area contributed by atoms with Gasteiger partial charge in [-0.2, -0.15) is 0 Å². The molecular weight excluding hydrogens is 432 g/mol. The lowest BCUT2D eigenvalue weighted by atomic mass is 9.83. The monoisotopic (exact) mass is 464 g/mol. The van der Waals surface area contributed by atoms with Gasteiger partial charge in [-0.1, -0.05) is 80.6 Å². The van der Waals surface area contributed by atoms with Crippen molar-refractivity contribution in [1.29, 1.82) is 0 Å². The number of carbonyl (C=O) groups is 3. The SMILES string of the molecule is O=C(CNC(=O)OCC1c2ccccc2-c2ccccc21)NCC(CC1CCCCC1)C(=O)O. The highest BCUT2D eigenvalue weighted by Gasteiger charge is 2.29. The second-order valence-corrected chi connectivity index (χ2v) is 9.26. The van der Waals surface area contributed by atoms with Crippen molar-refractivity contribution in [3.8, 4) is 11.1 Å². The summed E-state index contributed by atoms with van der Waals surface area (Å²) in [5.41, 5.74) is 4.53. The summed E-state index contributed by atoms with van der Waals surface area (Å²) in [4.78, 5) is 36.0. The summed E-state index contributed by atoms with van der Waals surface area (Å²) in [5, 5.41) is 14.6. The molecule has 7 heteroatoms. The number of hydrogen-bond acceptors (Lipinski definition) is 4. The van der Waals surface area contributed by atoms with Crippen LogP contribution in [-0.2, 0) is 14.3 Å². The molecule has 2 aromatic carbocycles. The van der Waals surface area contributed by atoms with E-state index in [1.807, 2.05) is 36.4 Å². The molecule has 180 valence electrons. The maximum Gasteiger partial charge on any atom is 0.407 e. The molecule has 7 nitrogen and oxygen atoms in total. The minimum Gasteiger partial charge on any atom is -0.481 e. The van der Waals surface area contributed by atoms with Crippen molar-refractivity contribution in [1.82, 2.24) is 10.6 Å². The molecule has 1 unspecified atom stereocenters. The molecule has 2 amide bonds. The molecule has 4 rings (SSSR count). The van der Waals surface area contributed by atoms with Crippen LogP contribution in [0.25, 0.3) is 11.1 Å². The van der Waals surface area contributed by atoms with E-state index in [1.54, 1.807) is 0 Å². The molecule has 2 aromatic rings. The lowest BCUT2D eigenvalue weighted by Gasteiger charge is -2.24. The van der Waals surface area contributed by atoms with Gasteiger partial charge >= 0.3 is 12.1 Å². The smallest absolute Gasteiger partial charge is 0.407 e. The van der Waals surface area contributed by atoms with Crippen LogP contribution in [0.4, 0.5) is 4.79 Å². The summed E-state index contributed by atoms with van der Waals surface area (Å²) in [6, 6.07) is 16.2. The van der Waals surface area contributed by atoms with E-state index >= 15 is 0 Å². The molecule has 1 atom stereocenters. The molecule has 0 heterocycles. The number of aliphatic carboxylic acids is 1. The summed E-state index contributed by atoms with van der Waals surface area (Å²) >= 11 is 0. The summed E-state index contributed by atoms with van der Waals surface area (Å²) < 4.78 is 5.43. The van der Waals surface area contributed by atoms with Gasteiger partial charge in [0.25, 0.3) is 0 Å². The normalized spacial score (nSPS) is 16.2. The Morgan fingerprint density at radius 3 is 2.15 bits per heavy atom. The highest BCUT2D eigenvalue weighted by Crippen LogP contribution is 2.44. The Kier molecular flexibility index (Phi) is 7.83. The van der Waals surface area contributed by atoms with Gasteiger partial charge in [0.15, 0.2) is 0 Å². The third-order valence-electron chi connectivity index (χ3n) is 6.97. The molecule has 1 saturated carbocycles. The Bertz CT molecular complexity index is 986. The van der Waals surface area contributed by atoms with Crippen LogP contribution in [0.15, 0.2) is 48.5 Å². The van der Waals surface area contributed by atoms with Gasteiger partial charge in [0, 0.05) is 12.5 Å². The molecule has 3 N–H and O–H groups in total. The largest absolute Gasteiger partial charge is 0.481 e. The minimum absolute atomic E-state index is 0.0527. The van der Waals surface area contributed by atoms with Gasteiger partial charge < -0.3 is 20.5 Å². The maximum absolute atomic E-state index is 12.2. The quantitative estimate of drug-likeness (QED) is 0.513. The molecule has 0 bridgehead atoms. The van der Waals surface area contributed by atoms with Gasteiger partial charge in [-0.15, -0.1) is 0 Å². The van der Waals surface area contributed by atoms with E-state index < -0.39 is 23.9 Å². The molecule has 34 heavy (non-hydrogen) atoms. The van der Waals surface area contributed by atoms with Gasteiger partial charge in [0.1, 0.15) is 6.61 Å². The number of amides is 2. The first-order valence-electron chi connectivity index (χ1n) is 12.1. The van der Waals surface area contributed by atoms with Crippen LogP contribution in [0, 0.1) is 11.8 Å². The van der Waals surface area contributed by atoms with Crippen LogP contribution in [0.5, 0.6) is 0 Å². The fraction of sp³-hybridized carbons (Fsp3) is 0.444. The number of carboxylic acid groups (broad SMARTS) is 1. The van der Waals surface area contributed by atoms with Gasteiger partial charge in [-0.05, 0) is 34.6 Å². The summed E-state index contributed by atoms with van der Waals surface area (Å²) in [7, 11) is 0. The molecule has 0 radical (unpaired) electrons. The number of alkyl carbamates (subject to hydrolysis) is 1. The molecule has 2 aliphatic carbocycles. The second kappa shape index (κ2) is 11.2. The average molecular weight is 465 g/mol. The maximum atomic E-state index is 12.2. The molecule has 1 fully saturated rings. The summed E-state index contributed by atoms with van der Waals surface area (Å²) in [6.07, 6.45) is 5.53. The third kappa shape index (κ3) is 5.76. The zero-order valence-corrected chi connectivity index (χ0v) is 19.3. The standard InChI is InChI=1S/C27H32N2O5/c30-25(28-15-19(26(31)32)14-18-8-2-1-3-9-18)16-29-27(33)34-17-24-22-12-6-4-10-20(22)21-11-5-7-13-23(21)24/h4-7,10-13,18-19,24H,1-3,8-9,14-17H2,(H,28,30)(H,29,33)(H,31,32). The van der Waals surface area contributed by atoms with Gasteiger partial charge in [0.05, 0.1) is 12.5 Å². The molecule has 0 aromatic heterocycles. The van der Waals surface area contributed by atoms with E-state index in [-0.39, 0.29) is 25.6 Å². The van der Waals surface area contributed by atoms with Gasteiger partial charge in [0.2, 0.25) is 5.91 Å². The topological polar surface area (TPSA) is 105 Å². The molecule has 2 aliphatic rings. The van der Waals surface area contributed by atoms with Crippen LogP contribution >= 0.6 is 0 Å². The van der Waals surface area contributed by atoms with Crippen LogP contribution in [0.2, 0.25) is 0 Å². The van der Waals surface area contributed by atoms with E-state index in [9.17, 15) is 19.5 Å². The van der Waals surface area contributed by atoms with Crippen molar-refractivity contribution < 1.29 is 24.2 Å². The number of rotatable bonds is 9. The van der Waals surface area contributed by atoms with Crippen LogP contribution in [0.3, 0.4) is 0 Å². The lowest BCUT2D eigenvalue weighted by molar-refractivity contribution is -0.142. The Morgan fingerprint density at radius 2 is 1.53 bits per heavy atom. The van der Waals surface area contributed by atoms with Gasteiger partial charge in [-0.25, -0.2) is 4.79 Å². The summed E-state index contributed by atoms with van der Waals surface area (Å²) in [6.45, 7) is -0.0204. The number of carbonyl (C=O) groups excluding carboxylic acids is 2. The fourth-order valence-corrected chi connectivity index (χ4v) is 5.20. The van der Waals surface area contributed by atoms with Crippen molar-refractivity contribution in [2.75, 3.05) is 19.7 Å². The number of hydrogen-bond donors (Lipinski definition) is 3. The Labute approximate surface area is 199 Å². The van der Waals surface area contributed by atoms with Crippen LogP contribution in [0.1, 0.15) is 55.6 Å². The predicted molar refractivity (Wildman–Crippen MR) is 128 cm³/mol. The number of nitrogens with one attached hydrogen (secondary N) is 2. The third-order valence-corrected chi connectivity index (χ3v) is 6.97. The van der Waals surface area contributed by atoms with Gasteiger partial charge in [-0.3, -0.25) is 9.59 Å². The second-order valence-electron chi connectivity index (χ2n) is 9.26. The Balaban J connectivity index is 1.22. The number of carboxylic acids is 1. The van der Waals surface area contributed by atoms with Crippen molar-refractivity contribution in [3.05, 3.63) is 59.7 Å². The first kappa shape index (κ1) is 23.8. The Hall–Kier alpha value is -3.35. The fourth-order valence-electron chi connectivity index (χ4n) is 5.20. The molecule has 0 aliphatic heterocycles. The van der Waals surface area contributed by atoms with Crippen molar-refractivity contribution in [2.45, 2.75) is 44.4 Å². The Morgan fingerprint density at radius 1 is 0.912 bits per heavy atom. The number of fused-ring (bicyclic) bond motifs is 3. The molecule has 0 spiro atoms. The van der Waals surface area contributed by atoms with Crippen molar-refractivity contribution >= 4 is 18.0 Å². The van der Waals surface area contributed by atoms with Crippen LogP contribution in [-0.4, -0.2) is 42.8 Å². The average Bonchev–Trinajstić information content (AvgIpc) is 3.18. The first-order valence-corrected chi connectivity index (χ1v) is 12.1. The van der Waals surface area contributed by atoms with E-state index in [1.165, 1.54) is 6.42 Å². The number of benzene rings is 2. The molecule has 0 saturated heterocycles. The van der Waals surface area contributed by atoms with E-state index in [0.717, 1.165) is 47.9 Å². The highest BCUT2D eigenvalue weighted by atomic mass is 16.5. The predicted octanol–water partition coefficient (Wildman–Crippen LogP) is 4.31. The zero-order valence-electron chi connectivity index (χ0n) is 19.3. The van der Waals surface area contributed by atoms with Crippen molar-refractivity contribution in [2.24, 2.45) is 11.8 Å². The van der Waals surface area contributed by atoms with E-state index in [0.29, 0.717) is 12.3 Å². The lowest BCUT2D eigenvalue weighted by Crippen LogP contribution is -2.41. The number of ether oxygens (including phenoxy) is 1. The first-order chi connectivity index (χ1) is 16.5.